The van der Waals surface area contributed by atoms with Crippen LogP contribution >= 0.6 is 0 Å². The lowest BCUT2D eigenvalue weighted by Gasteiger charge is -2.15. The average Bonchev–Trinajstić information content (AvgIpc) is 3.10. The summed E-state index contributed by atoms with van der Waals surface area (Å²) >= 11 is 0. The first-order chi connectivity index (χ1) is 11.1. The van der Waals surface area contributed by atoms with E-state index in [2.05, 4.69) is 17.2 Å². The van der Waals surface area contributed by atoms with E-state index >= 15 is 0 Å². The van der Waals surface area contributed by atoms with Crippen LogP contribution < -0.4 is 0 Å². The third kappa shape index (κ3) is 2.16. The normalized spacial score (nSPS) is 12.7. The number of carbonyl (C=O) groups is 1. The van der Waals surface area contributed by atoms with Gasteiger partial charge in [-0.25, -0.2) is 4.79 Å². The number of carboxylic acid groups (broad SMARTS) is 1. The molecule has 0 amide bonds. The number of fused-ring (bicyclic) bond motifs is 3. The van der Waals surface area contributed by atoms with Gasteiger partial charge in [-0.05, 0) is 24.5 Å². The first-order valence-electron chi connectivity index (χ1n) is 7.59. The van der Waals surface area contributed by atoms with Gasteiger partial charge in [-0.3, -0.25) is 4.68 Å². The molecule has 0 saturated carbocycles. The molecule has 0 fully saturated rings. The van der Waals surface area contributed by atoms with Gasteiger partial charge in [0, 0.05) is 17.5 Å². The van der Waals surface area contributed by atoms with Crippen molar-refractivity contribution in [2.24, 2.45) is 0 Å². The Labute approximate surface area is 133 Å². The van der Waals surface area contributed by atoms with Crippen LogP contribution in [0.2, 0.25) is 0 Å². The standard InChI is InChI=1S/C18H16N2O3/c1-11-15-14(23-17(11)18(21)22)8-7-13-9-19-20(16(13)15)10-12-5-3-2-4-6-12/h2-6,9H,7-8,10H2,1H3,(H,21,22). The van der Waals surface area contributed by atoms with Gasteiger partial charge in [-0.1, -0.05) is 30.3 Å². The molecule has 0 bridgehead atoms. The molecule has 0 saturated heterocycles. The smallest absolute Gasteiger partial charge is 0.372 e. The van der Waals surface area contributed by atoms with E-state index in [1.165, 1.54) is 0 Å². The van der Waals surface area contributed by atoms with Crippen molar-refractivity contribution in [2.75, 3.05) is 0 Å². The second kappa shape index (κ2) is 5.12. The predicted octanol–water partition coefficient (Wildman–Crippen LogP) is 3.30. The zero-order valence-electron chi connectivity index (χ0n) is 12.7. The van der Waals surface area contributed by atoms with E-state index in [0.29, 0.717) is 18.5 Å². The fourth-order valence-electron chi connectivity index (χ4n) is 3.28. The molecule has 5 heteroatoms. The third-order valence-corrected chi connectivity index (χ3v) is 4.36. The summed E-state index contributed by atoms with van der Waals surface area (Å²) in [4.78, 5) is 11.3. The van der Waals surface area contributed by atoms with Crippen molar-refractivity contribution in [3.05, 3.63) is 64.7 Å². The highest BCUT2D eigenvalue weighted by atomic mass is 16.4. The molecule has 5 nitrogen and oxygen atoms in total. The van der Waals surface area contributed by atoms with Gasteiger partial charge in [0.1, 0.15) is 5.76 Å². The van der Waals surface area contributed by atoms with E-state index in [0.717, 1.165) is 34.6 Å². The number of furan rings is 1. The van der Waals surface area contributed by atoms with Gasteiger partial charge in [-0.15, -0.1) is 0 Å². The van der Waals surface area contributed by atoms with E-state index in [1.807, 2.05) is 29.1 Å². The Balaban J connectivity index is 1.84. The molecule has 0 spiro atoms. The zero-order chi connectivity index (χ0) is 16.0. The second-order valence-electron chi connectivity index (χ2n) is 5.82. The van der Waals surface area contributed by atoms with Gasteiger partial charge >= 0.3 is 5.97 Å². The van der Waals surface area contributed by atoms with Crippen molar-refractivity contribution in [1.29, 1.82) is 0 Å². The Morgan fingerprint density at radius 2 is 2.09 bits per heavy atom. The van der Waals surface area contributed by atoms with Crippen molar-refractivity contribution in [3.63, 3.8) is 0 Å². The molecule has 0 atom stereocenters. The maximum Gasteiger partial charge on any atom is 0.372 e. The highest BCUT2D eigenvalue weighted by molar-refractivity contribution is 5.90. The van der Waals surface area contributed by atoms with E-state index in [9.17, 15) is 9.90 Å². The first-order valence-corrected chi connectivity index (χ1v) is 7.59. The molecule has 2 aromatic heterocycles. The second-order valence-corrected chi connectivity index (χ2v) is 5.82. The zero-order valence-corrected chi connectivity index (χ0v) is 12.7. The Hall–Kier alpha value is -2.82. The van der Waals surface area contributed by atoms with Crippen molar-refractivity contribution >= 4 is 5.97 Å². The number of aromatic carboxylic acids is 1. The minimum absolute atomic E-state index is 0.0373. The van der Waals surface area contributed by atoms with E-state index < -0.39 is 5.97 Å². The van der Waals surface area contributed by atoms with Gasteiger partial charge in [0.05, 0.1) is 18.4 Å². The molecular formula is C18H16N2O3. The molecule has 0 aliphatic heterocycles. The predicted molar refractivity (Wildman–Crippen MR) is 84.6 cm³/mol. The molecule has 4 rings (SSSR count). The Bertz CT molecular complexity index is 891. The molecule has 116 valence electrons. The summed E-state index contributed by atoms with van der Waals surface area (Å²) in [5.41, 5.74) is 4.88. The number of hydrogen-bond acceptors (Lipinski definition) is 3. The summed E-state index contributed by atoms with van der Waals surface area (Å²) in [6, 6.07) is 10.1. The van der Waals surface area contributed by atoms with Gasteiger partial charge in [0.2, 0.25) is 5.76 Å². The summed E-state index contributed by atoms with van der Waals surface area (Å²) < 4.78 is 7.53. The Morgan fingerprint density at radius 3 is 2.83 bits per heavy atom. The molecule has 1 aliphatic carbocycles. The van der Waals surface area contributed by atoms with Crippen molar-refractivity contribution < 1.29 is 14.3 Å². The first kappa shape index (κ1) is 13.8. The van der Waals surface area contributed by atoms with Crippen molar-refractivity contribution in [2.45, 2.75) is 26.3 Å². The number of aromatic nitrogens is 2. The van der Waals surface area contributed by atoms with Crippen LogP contribution in [0.25, 0.3) is 11.3 Å². The van der Waals surface area contributed by atoms with Crippen LogP contribution in [-0.4, -0.2) is 20.9 Å². The Kier molecular flexibility index (Phi) is 3.08. The molecular weight excluding hydrogens is 292 g/mol. The van der Waals surface area contributed by atoms with Crippen LogP contribution in [0, 0.1) is 6.92 Å². The van der Waals surface area contributed by atoms with Gasteiger partial charge in [-0.2, -0.15) is 5.10 Å². The third-order valence-electron chi connectivity index (χ3n) is 4.36. The topological polar surface area (TPSA) is 68.3 Å². The monoisotopic (exact) mass is 308 g/mol. The lowest BCUT2D eigenvalue weighted by atomic mass is 9.93. The van der Waals surface area contributed by atoms with Crippen LogP contribution in [0.15, 0.2) is 40.9 Å². The molecule has 1 aromatic carbocycles. The van der Waals surface area contributed by atoms with E-state index in [-0.39, 0.29) is 5.76 Å². The highest BCUT2D eigenvalue weighted by Gasteiger charge is 2.30. The number of nitrogens with zero attached hydrogens (tertiary/aromatic N) is 2. The summed E-state index contributed by atoms with van der Waals surface area (Å²) in [5, 5.41) is 13.8. The van der Waals surface area contributed by atoms with Gasteiger partial charge in [0.15, 0.2) is 0 Å². The van der Waals surface area contributed by atoms with Crippen LogP contribution in [0.4, 0.5) is 0 Å². The molecule has 1 N–H and O–H groups in total. The van der Waals surface area contributed by atoms with Crippen molar-refractivity contribution in [1.82, 2.24) is 9.78 Å². The number of aryl methyl sites for hydroxylation is 2. The average molecular weight is 308 g/mol. The van der Waals surface area contributed by atoms with Crippen LogP contribution in [0.3, 0.4) is 0 Å². The van der Waals surface area contributed by atoms with Gasteiger partial charge < -0.3 is 9.52 Å². The molecule has 3 aromatic rings. The molecule has 1 aliphatic rings. The highest BCUT2D eigenvalue weighted by Crippen LogP contribution is 2.39. The number of hydrogen-bond donors (Lipinski definition) is 1. The molecule has 2 heterocycles. The van der Waals surface area contributed by atoms with Gasteiger partial charge in [0.25, 0.3) is 0 Å². The maximum atomic E-state index is 11.3. The van der Waals surface area contributed by atoms with E-state index in [4.69, 9.17) is 4.42 Å². The lowest BCUT2D eigenvalue weighted by Crippen LogP contribution is -2.08. The summed E-state index contributed by atoms with van der Waals surface area (Å²) in [7, 11) is 0. The Morgan fingerprint density at radius 1 is 1.30 bits per heavy atom. The fraction of sp³-hybridized carbons (Fsp3) is 0.222. The number of carboxylic acids is 1. The van der Waals surface area contributed by atoms with E-state index in [1.54, 1.807) is 6.92 Å². The minimum atomic E-state index is -1.02. The van der Waals surface area contributed by atoms with Crippen LogP contribution in [0.5, 0.6) is 0 Å². The summed E-state index contributed by atoms with van der Waals surface area (Å²) in [6.45, 7) is 2.46. The fourth-order valence-corrected chi connectivity index (χ4v) is 3.28. The van der Waals surface area contributed by atoms with Crippen LogP contribution in [-0.2, 0) is 19.4 Å². The van der Waals surface area contributed by atoms with Crippen molar-refractivity contribution in [3.8, 4) is 11.3 Å². The summed E-state index contributed by atoms with van der Waals surface area (Å²) in [5.74, 6) is -0.231. The lowest BCUT2D eigenvalue weighted by molar-refractivity contribution is 0.0659. The quantitative estimate of drug-likeness (QED) is 0.806. The molecule has 0 unspecified atom stereocenters. The molecule has 23 heavy (non-hydrogen) atoms. The largest absolute Gasteiger partial charge is 0.475 e. The molecule has 0 radical (unpaired) electrons. The maximum absolute atomic E-state index is 11.3. The SMILES string of the molecule is Cc1c(C(=O)O)oc2c1-c1c(cnn1Cc1ccccc1)CC2. The number of benzene rings is 1. The summed E-state index contributed by atoms with van der Waals surface area (Å²) in [6.07, 6.45) is 3.42. The van der Waals surface area contributed by atoms with Crippen LogP contribution in [0.1, 0.15) is 33.0 Å². The number of rotatable bonds is 3. The minimum Gasteiger partial charge on any atom is -0.475 e.